The van der Waals surface area contributed by atoms with Gasteiger partial charge in [-0.2, -0.15) is 0 Å². The highest BCUT2D eigenvalue weighted by Gasteiger charge is 2.00. The van der Waals surface area contributed by atoms with Crippen LogP contribution in [0.2, 0.25) is 0 Å². The molecule has 1 heterocycles. The molecule has 1 aromatic carbocycles. The molecule has 0 bridgehead atoms. The van der Waals surface area contributed by atoms with Crippen molar-refractivity contribution in [3.63, 3.8) is 0 Å². The normalized spacial score (nSPS) is 12.4. The van der Waals surface area contributed by atoms with Gasteiger partial charge < -0.3 is 4.74 Å². The molecule has 0 N–H and O–H groups in total. The Morgan fingerprint density at radius 3 is 3.10 bits per heavy atom. The Morgan fingerprint density at radius 1 is 1.30 bits per heavy atom. The number of ether oxygens (including phenoxy) is 1. The maximum Gasteiger partial charge on any atom is 0.149 e. The molecule has 0 spiro atoms. The molecule has 1 aliphatic heterocycles. The Bertz CT molecular complexity index is 304. The molecule has 1 nitrogen and oxygen atoms in total. The SMILES string of the molecule is C1#Cc2ccccc2OC1. The van der Waals surface area contributed by atoms with Crippen LogP contribution in [0.4, 0.5) is 0 Å². The Hall–Kier alpha value is -1.42. The molecule has 0 fully saturated rings. The summed E-state index contributed by atoms with van der Waals surface area (Å²) in [5, 5.41) is 0. The van der Waals surface area contributed by atoms with E-state index in [-0.39, 0.29) is 0 Å². The molecule has 0 atom stereocenters. The van der Waals surface area contributed by atoms with Gasteiger partial charge in [-0.3, -0.25) is 0 Å². The molecular formula is C9H6O. The van der Waals surface area contributed by atoms with Gasteiger partial charge in [0.25, 0.3) is 0 Å². The maximum atomic E-state index is 5.25. The van der Waals surface area contributed by atoms with Crippen molar-refractivity contribution in [3.05, 3.63) is 29.8 Å². The van der Waals surface area contributed by atoms with E-state index in [1.165, 1.54) is 0 Å². The molecule has 0 radical (unpaired) electrons. The van der Waals surface area contributed by atoms with Gasteiger partial charge in [-0.15, -0.1) is 0 Å². The molecule has 2 rings (SSSR count). The molecule has 1 aromatic rings. The Labute approximate surface area is 59.6 Å². The molecule has 0 saturated carbocycles. The topological polar surface area (TPSA) is 9.23 Å². The third-order valence-corrected chi connectivity index (χ3v) is 1.41. The number of rotatable bonds is 0. The predicted octanol–water partition coefficient (Wildman–Crippen LogP) is 1.43. The zero-order valence-corrected chi connectivity index (χ0v) is 5.42. The minimum Gasteiger partial charge on any atom is -0.480 e. The van der Waals surface area contributed by atoms with Gasteiger partial charge in [0.2, 0.25) is 0 Å². The monoisotopic (exact) mass is 130 g/mol. The highest BCUT2D eigenvalue weighted by atomic mass is 16.5. The first-order valence-electron chi connectivity index (χ1n) is 3.17. The largest absolute Gasteiger partial charge is 0.480 e. The van der Waals surface area contributed by atoms with Crippen molar-refractivity contribution in [2.45, 2.75) is 0 Å². The van der Waals surface area contributed by atoms with E-state index in [4.69, 9.17) is 4.74 Å². The molecule has 1 heteroatoms. The summed E-state index contributed by atoms with van der Waals surface area (Å²) in [4.78, 5) is 0. The summed E-state index contributed by atoms with van der Waals surface area (Å²) in [5.41, 5.74) is 0.994. The molecule has 0 aromatic heterocycles. The number of hydrogen-bond acceptors (Lipinski definition) is 1. The fraction of sp³-hybridized carbons (Fsp3) is 0.111. The summed E-state index contributed by atoms with van der Waals surface area (Å²) >= 11 is 0. The summed E-state index contributed by atoms with van der Waals surface area (Å²) in [7, 11) is 0. The highest BCUT2D eigenvalue weighted by Crippen LogP contribution is 2.17. The average Bonchev–Trinajstić information content (AvgIpc) is 2.05. The van der Waals surface area contributed by atoms with Crippen LogP contribution in [0.5, 0.6) is 5.75 Å². The summed E-state index contributed by atoms with van der Waals surface area (Å²) in [5.74, 6) is 6.76. The molecule has 0 unspecified atom stereocenters. The molecule has 10 heavy (non-hydrogen) atoms. The van der Waals surface area contributed by atoms with Crippen LogP contribution >= 0.6 is 0 Å². The zero-order valence-electron chi connectivity index (χ0n) is 5.42. The molecule has 0 aliphatic carbocycles. The quantitative estimate of drug-likeness (QED) is 0.483. The molecule has 0 amide bonds. The average molecular weight is 130 g/mol. The van der Waals surface area contributed by atoms with Crippen molar-refractivity contribution in [3.8, 4) is 17.6 Å². The first-order chi connectivity index (χ1) is 4.97. The van der Waals surface area contributed by atoms with Gasteiger partial charge in [0, 0.05) is 0 Å². The van der Waals surface area contributed by atoms with E-state index < -0.39 is 0 Å². The van der Waals surface area contributed by atoms with Gasteiger partial charge >= 0.3 is 0 Å². The van der Waals surface area contributed by atoms with E-state index in [0.29, 0.717) is 6.61 Å². The van der Waals surface area contributed by atoms with Crippen LogP contribution in [0.15, 0.2) is 24.3 Å². The van der Waals surface area contributed by atoms with Gasteiger partial charge in [0.1, 0.15) is 12.4 Å². The lowest BCUT2D eigenvalue weighted by molar-refractivity contribution is 0.366. The lowest BCUT2D eigenvalue weighted by atomic mass is 10.2. The molecular weight excluding hydrogens is 124 g/mol. The van der Waals surface area contributed by atoms with Crippen LogP contribution in [0.1, 0.15) is 5.56 Å². The highest BCUT2D eigenvalue weighted by molar-refractivity contribution is 5.47. The first kappa shape index (κ1) is 5.37. The van der Waals surface area contributed by atoms with Crippen molar-refractivity contribution >= 4 is 0 Å². The van der Waals surface area contributed by atoms with E-state index in [0.717, 1.165) is 11.3 Å². The lowest BCUT2D eigenvalue weighted by Gasteiger charge is -2.07. The van der Waals surface area contributed by atoms with Gasteiger partial charge in [0.15, 0.2) is 0 Å². The van der Waals surface area contributed by atoms with E-state index in [2.05, 4.69) is 11.8 Å². The van der Waals surface area contributed by atoms with Gasteiger partial charge in [-0.1, -0.05) is 24.0 Å². The summed E-state index contributed by atoms with van der Waals surface area (Å²) < 4.78 is 5.25. The van der Waals surface area contributed by atoms with Crippen molar-refractivity contribution in [1.82, 2.24) is 0 Å². The van der Waals surface area contributed by atoms with Crippen LogP contribution in [0.25, 0.3) is 0 Å². The smallest absolute Gasteiger partial charge is 0.149 e. The maximum absolute atomic E-state index is 5.25. The molecule has 1 aliphatic rings. The Morgan fingerprint density at radius 2 is 2.20 bits per heavy atom. The third kappa shape index (κ3) is 0.745. The van der Waals surface area contributed by atoms with E-state index in [9.17, 15) is 0 Å². The van der Waals surface area contributed by atoms with Crippen molar-refractivity contribution < 1.29 is 4.74 Å². The van der Waals surface area contributed by atoms with Gasteiger partial charge in [-0.05, 0) is 12.1 Å². The van der Waals surface area contributed by atoms with Crippen LogP contribution in [0.3, 0.4) is 0 Å². The first-order valence-corrected chi connectivity index (χ1v) is 3.17. The third-order valence-electron chi connectivity index (χ3n) is 1.41. The van der Waals surface area contributed by atoms with Gasteiger partial charge in [-0.25, -0.2) is 0 Å². The van der Waals surface area contributed by atoms with Crippen LogP contribution in [-0.4, -0.2) is 6.61 Å². The van der Waals surface area contributed by atoms with Crippen molar-refractivity contribution in [2.24, 2.45) is 0 Å². The zero-order chi connectivity index (χ0) is 6.81. The van der Waals surface area contributed by atoms with Gasteiger partial charge in [0.05, 0.1) is 5.56 Å². The van der Waals surface area contributed by atoms with Crippen LogP contribution in [-0.2, 0) is 0 Å². The second kappa shape index (κ2) is 2.07. The van der Waals surface area contributed by atoms with Crippen molar-refractivity contribution in [2.75, 3.05) is 6.61 Å². The number of hydrogen-bond donors (Lipinski definition) is 0. The minimum absolute atomic E-state index is 0.525. The Kier molecular flexibility index (Phi) is 1.11. The summed E-state index contributed by atoms with van der Waals surface area (Å²) in [6.07, 6.45) is 0. The fourth-order valence-corrected chi connectivity index (χ4v) is 0.941. The standard InChI is InChI=1S/C9H6O/c1-2-6-9-8(4-1)5-3-7-10-9/h1-2,4,6H,7H2. The number of fused-ring (bicyclic) bond motifs is 1. The van der Waals surface area contributed by atoms with Crippen LogP contribution < -0.4 is 4.74 Å². The molecule has 0 saturated heterocycles. The van der Waals surface area contributed by atoms with E-state index >= 15 is 0 Å². The summed E-state index contributed by atoms with van der Waals surface area (Å²) in [6.45, 7) is 0.525. The molecule has 48 valence electrons. The van der Waals surface area contributed by atoms with E-state index in [1.807, 2.05) is 24.3 Å². The Balaban J connectivity index is 2.60. The minimum atomic E-state index is 0.525. The van der Waals surface area contributed by atoms with Crippen LogP contribution in [0, 0.1) is 11.8 Å². The second-order valence-corrected chi connectivity index (χ2v) is 2.09. The predicted molar refractivity (Wildman–Crippen MR) is 38.8 cm³/mol. The number of benzene rings is 1. The second-order valence-electron chi connectivity index (χ2n) is 2.09. The van der Waals surface area contributed by atoms with Crippen molar-refractivity contribution in [1.29, 1.82) is 0 Å². The fourth-order valence-electron chi connectivity index (χ4n) is 0.941. The number of para-hydroxylation sites is 1. The lowest BCUT2D eigenvalue weighted by Crippen LogP contribution is -1.99. The summed E-state index contributed by atoms with van der Waals surface area (Å²) in [6, 6.07) is 7.80. The van der Waals surface area contributed by atoms with E-state index in [1.54, 1.807) is 0 Å².